The standard InChI is InChI=1S/C31H33ClN6O/c1-5-31(3,4)38-29(34-35-36-38)28(25-18-23-16-15-21(2)17-27(23)33-30(25)39)37(19-22-11-7-6-8-12-22)20-24-13-9-10-14-26(24)32/h6-18,28H,5,19-20H2,1-4H3,(H,33,39). The van der Waals surface area contributed by atoms with Gasteiger partial charge in [0.25, 0.3) is 5.56 Å². The van der Waals surface area contributed by atoms with Crippen molar-refractivity contribution < 1.29 is 0 Å². The molecule has 0 aliphatic carbocycles. The quantitative estimate of drug-likeness (QED) is 0.233. The second kappa shape index (κ2) is 11.1. The fourth-order valence-corrected chi connectivity index (χ4v) is 5.08. The maximum Gasteiger partial charge on any atom is 0.253 e. The normalized spacial score (nSPS) is 12.8. The van der Waals surface area contributed by atoms with Gasteiger partial charge in [-0.1, -0.05) is 79.2 Å². The van der Waals surface area contributed by atoms with Gasteiger partial charge in [0, 0.05) is 29.2 Å². The topological polar surface area (TPSA) is 79.7 Å². The van der Waals surface area contributed by atoms with Gasteiger partial charge in [0.15, 0.2) is 5.82 Å². The second-order valence-corrected chi connectivity index (χ2v) is 11.1. The molecule has 2 heterocycles. The van der Waals surface area contributed by atoms with Gasteiger partial charge in [-0.15, -0.1) is 5.10 Å². The third kappa shape index (κ3) is 5.65. The summed E-state index contributed by atoms with van der Waals surface area (Å²) in [6.07, 6.45) is 0.814. The SMILES string of the molecule is CCC(C)(C)n1nnnc1C(c1cc2ccc(C)cc2[nH]c1=O)N(Cc1ccccc1)Cc1ccccc1Cl. The van der Waals surface area contributed by atoms with Gasteiger partial charge in [-0.3, -0.25) is 9.69 Å². The fourth-order valence-electron chi connectivity index (χ4n) is 4.88. The van der Waals surface area contributed by atoms with Gasteiger partial charge in [0.2, 0.25) is 0 Å². The molecule has 7 nitrogen and oxygen atoms in total. The zero-order valence-electron chi connectivity index (χ0n) is 22.7. The summed E-state index contributed by atoms with van der Waals surface area (Å²) < 4.78 is 1.86. The predicted octanol–water partition coefficient (Wildman–Crippen LogP) is 6.41. The van der Waals surface area contributed by atoms with Crippen molar-refractivity contribution >= 4 is 22.5 Å². The van der Waals surface area contributed by atoms with Crippen molar-refractivity contribution in [2.24, 2.45) is 0 Å². The number of fused-ring (bicyclic) bond motifs is 1. The molecule has 5 aromatic rings. The van der Waals surface area contributed by atoms with Crippen LogP contribution in [-0.2, 0) is 18.6 Å². The van der Waals surface area contributed by atoms with Crippen LogP contribution >= 0.6 is 11.6 Å². The molecule has 5 rings (SSSR count). The number of aromatic nitrogens is 5. The van der Waals surface area contributed by atoms with Crippen molar-refractivity contribution in [2.45, 2.75) is 58.8 Å². The molecule has 1 atom stereocenters. The maximum atomic E-state index is 13.8. The molecule has 1 unspecified atom stereocenters. The van der Waals surface area contributed by atoms with Crippen LogP contribution in [0.4, 0.5) is 0 Å². The molecule has 0 amide bonds. The zero-order chi connectivity index (χ0) is 27.6. The predicted molar refractivity (Wildman–Crippen MR) is 156 cm³/mol. The van der Waals surface area contributed by atoms with Crippen LogP contribution < -0.4 is 5.56 Å². The number of nitrogens with one attached hydrogen (secondary N) is 1. The first-order chi connectivity index (χ1) is 18.8. The number of H-pyrrole nitrogens is 1. The maximum absolute atomic E-state index is 13.8. The Kier molecular flexibility index (Phi) is 7.64. The van der Waals surface area contributed by atoms with E-state index in [0.29, 0.717) is 29.5 Å². The molecule has 0 aliphatic rings. The lowest BCUT2D eigenvalue weighted by molar-refractivity contribution is 0.180. The highest BCUT2D eigenvalue weighted by Gasteiger charge is 2.34. The highest BCUT2D eigenvalue weighted by molar-refractivity contribution is 6.31. The average molecular weight is 541 g/mol. The molecular formula is C31H33ClN6O. The minimum Gasteiger partial charge on any atom is -0.322 e. The Bertz CT molecular complexity index is 1640. The van der Waals surface area contributed by atoms with Gasteiger partial charge in [-0.2, -0.15) is 0 Å². The van der Waals surface area contributed by atoms with E-state index >= 15 is 0 Å². The van der Waals surface area contributed by atoms with Crippen LogP contribution in [0, 0.1) is 6.92 Å². The number of rotatable bonds is 9. The monoisotopic (exact) mass is 540 g/mol. The largest absolute Gasteiger partial charge is 0.322 e. The lowest BCUT2D eigenvalue weighted by Gasteiger charge is -2.34. The minimum atomic E-state index is -0.545. The number of pyridine rings is 1. The molecule has 0 saturated carbocycles. The van der Waals surface area contributed by atoms with Gasteiger partial charge in [0.05, 0.1) is 5.54 Å². The van der Waals surface area contributed by atoms with E-state index < -0.39 is 6.04 Å². The molecule has 0 bridgehead atoms. The first-order valence-electron chi connectivity index (χ1n) is 13.2. The molecule has 8 heteroatoms. The van der Waals surface area contributed by atoms with E-state index in [9.17, 15) is 4.79 Å². The third-order valence-corrected chi connectivity index (χ3v) is 7.80. The number of benzene rings is 3. The molecule has 0 saturated heterocycles. The summed E-state index contributed by atoms with van der Waals surface area (Å²) in [7, 11) is 0. The van der Waals surface area contributed by atoms with E-state index in [1.54, 1.807) is 0 Å². The van der Waals surface area contributed by atoms with Gasteiger partial charge in [0.1, 0.15) is 6.04 Å². The Morgan fingerprint density at radius 2 is 1.74 bits per heavy atom. The summed E-state index contributed by atoms with van der Waals surface area (Å²) in [5, 5.41) is 14.7. The number of halogens is 1. The number of nitrogens with zero attached hydrogens (tertiary/aromatic N) is 5. The summed E-state index contributed by atoms with van der Waals surface area (Å²) in [5.41, 5.74) is 4.01. The smallest absolute Gasteiger partial charge is 0.253 e. The molecule has 1 N–H and O–H groups in total. The molecular weight excluding hydrogens is 508 g/mol. The Balaban J connectivity index is 1.75. The van der Waals surface area contributed by atoms with Crippen LogP contribution in [0.2, 0.25) is 5.02 Å². The van der Waals surface area contributed by atoms with Crippen LogP contribution in [0.15, 0.2) is 83.7 Å². The summed E-state index contributed by atoms with van der Waals surface area (Å²) in [6.45, 7) is 9.38. The van der Waals surface area contributed by atoms with Crippen molar-refractivity contribution in [3.8, 4) is 0 Å². The lowest BCUT2D eigenvalue weighted by atomic mass is 9.98. The third-order valence-electron chi connectivity index (χ3n) is 7.43. The van der Waals surface area contributed by atoms with Crippen LogP contribution in [0.5, 0.6) is 0 Å². The number of hydrogen-bond donors (Lipinski definition) is 1. The van der Waals surface area contributed by atoms with E-state index in [1.807, 2.05) is 72.3 Å². The van der Waals surface area contributed by atoms with E-state index in [1.165, 1.54) is 0 Å². The van der Waals surface area contributed by atoms with Crippen LogP contribution in [0.3, 0.4) is 0 Å². The summed E-state index contributed by atoms with van der Waals surface area (Å²) in [5.74, 6) is 0.613. The first kappa shape index (κ1) is 26.8. The van der Waals surface area contributed by atoms with E-state index in [4.69, 9.17) is 11.6 Å². The zero-order valence-corrected chi connectivity index (χ0v) is 23.5. The van der Waals surface area contributed by atoms with Crippen molar-refractivity contribution in [3.05, 3.63) is 122 Å². The van der Waals surface area contributed by atoms with Crippen LogP contribution in [0.1, 0.15) is 61.3 Å². The number of tetrazole rings is 1. The van der Waals surface area contributed by atoms with Crippen molar-refractivity contribution in [1.29, 1.82) is 0 Å². The molecule has 0 aliphatic heterocycles. The molecule has 0 spiro atoms. The Morgan fingerprint density at radius 3 is 2.49 bits per heavy atom. The second-order valence-electron chi connectivity index (χ2n) is 10.6. The number of aryl methyl sites for hydroxylation is 1. The molecule has 39 heavy (non-hydrogen) atoms. The minimum absolute atomic E-state index is 0.167. The van der Waals surface area contributed by atoms with Crippen LogP contribution in [0.25, 0.3) is 10.9 Å². The highest BCUT2D eigenvalue weighted by atomic mass is 35.5. The summed E-state index contributed by atoms with van der Waals surface area (Å²) in [4.78, 5) is 19.2. The molecule has 0 fully saturated rings. The highest BCUT2D eigenvalue weighted by Crippen LogP contribution is 2.33. The first-order valence-corrected chi connectivity index (χ1v) is 13.6. The molecule has 200 valence electrons. The van der Waals surface area contributed by atoms with Gasteiger partial charge < -0.3 is 4.98 Å². The van der Waals surface area contributed by atoms with E-state index in [2.05, 4.69) is 64.4 Å². The summed E-state index contributed by atoms with van der Waals surface area (Å²) >= 11 is 6.66. The molecule has 3 aromatic carbocycles. The van der Waals surface area contributed by atoms with Crippen molar-refractivity contribution in [1.82, 2.24) is 30.1 Å². The van der Waals surface area contributed by atoms with Crippen molar-refractivity contribution in [2.75, 3.05) is 0 Å². The van der Waals surface area contributed by atoms with Crippen molar-refractivity contribution in [3.63, 3.8) is 0 Å². The number of aromatic amines is 1. The van der Waals surface area contributed by atoms with E-state index in [-0.39, 0.29) is 11.1 Å². The van der Waals surface area contributed by atoms with E-state index in [0.717, 1.165) is 34.0 Å². The molecule has 2 aromatic heterocycles. The Labute approximate surface area is 233 Å². The van der Waals surface area contributed by atoms with Gasteiger partial charge in [-0.05, 0) is 77.9 Å². The molecule has 0 radical (unpaired) electrons. The number of hydrogen-bond acceptors (Lipinski definition) is 5. The fraction of sp³-hybridized carbons (Fsp3) is 0.290. The average Bonchev–Trinajstić information content (AvgIpc) is 3.41. The Morgan fingerprint density at radius 1 is 1.00 bits per heavy atom. The Hall–Kier alpha value is -3.81. The van der Waals surface area contributed by atoms with Crippen LogP contribution in [-0.4, -0.2) is 30.1 Å². The van der Waals surface area contributed by atoms with Gasteiger partial charge in [-0.25, -0.2) is 4.68 Å². The van der Waals surface area contributed by atoms with Gasteiger partial charge >= 0.3 is 0 Å². The lowest BCUT2D eigenvalue weighted by Crippen LogP contribution is -2.38. The summed E-state index contributed by atoms with van der Waals surface area (Å²) in [6, 6.07) is 25.5.